The van der Waals surface area contributed by atoms with E-state index in [1.165, 1.54) is 12.8 Å². The van der Waals surface area contributed by atoms with Crippen LogP contribution in [0.1, 0.15) is 79.2 Å². The van der Waals surface area contributed by atoms with Crippen molar-refractivity contribution >= 4 is 37.8 Å². The maximum absolute atomic E-state index is 12.9. The summed E-state index contributed by atoms with van der Waals surface area (Å²) < 4.78 is 25.1. The van der Waals surface area contributed by atoms with Gasteiger partial charge in [0.25, 0.3) is 8.32 Å². The summed E-state index contributed by atoms with van der Waals surface area (Å²) >= 11 is 3.88. The highest BCUT2D eigenvalue weighted by atomic mass is 32.2. The first-order chi connectivity index (χ1) is 18.3. The Morgan fingerprint density at radius 1 is 1.10 bits per heavy atom. The average molecular weight is 595 g/mol. The van der Waals surface area contributed by atoms with Gasteiger partial charge in [0.15, 0.2) is 5.75 Å². The molecule has 1 aliphatic carbocycles. The maximum Gasteiger partial charge on any atom is 0.308 e. The minimum absolute atomic E-state index is 0.0674. The summed E-state index contributed by atoms with van der Waals surface area (Å²) in [4.78, 5) is 12.9. The number of ether oxygens (including phenoxy) is 3. The zero-order valence-electron chi connectivity index (χ0n) is 25.5. The van der Waals surface area contributed by atoms with Gasteiger partial charge in [-0.3, -0.25) is 4.79 Å². The van der Waals surface area contributed by atoms with Gasteiger partial charge in [0, 0.05) is 0 Å². The molecule has 39 heavy (non-hydrogen) atoms. The molecule has 5 atom stereocenters. The molecule has 0 amide bonds. The van der Waals surface area contributed by atoms with Crippen molar-refractivity contribution in [1.82, 2.24) is 0 Å². The molecule has 0 aromatic heterocycles. The molecule has 2 heterocycles. The molecule has 5 nitrogen and oxygen atoms in total. The van der Waals surface area contributed by atoms with E-state index in [1.54, 1.807) is 7.11 Å². The van der Waals surface area contributed by atoms with Crippen molar-refractivity contribution in [2.45, 2.75) is 108 Å². The monoisotopic (exact) mass is 594 g/mol. The third kappa shape index (κ3) is 6.65. The molecular formula is C31H50O5S2Si. The number of esters is 1. The molecule has 2 saturated heterocycles. The van der Waals surface area contributed by atoms with Crippen LogP contribution in [0.4, 0.5) is 0 Å². The highest BCUT2D eigenvalue weighted by molar-refractivity contribution is 8.18. The Hall–Kier alpha value is -0.833. The molecule has 0 unspecified atom stereocenters. The van der Waals surface area contributed by atoms with Gasteiger partial charge in [0.05, 0.1) is 29.6 Å². The Labute approximate surface area is 246 Å². The first kappa shape index (κ1) is 31.1. The first-order valence-corrected chi connectivity index (χ1v) is 19.7. The van der Waals surface area contributed by atoms with Crippen LogP contribution in [-0.2, 0) is 18.3 Å². The van der Waals surface area contributed by atoms with Crippen molar-refractivity contribution in [3.8, 4) is 11.5 Å². The summed E-state index contributed by atoms with van der Waals surface area (Å²) in [5.74, 6) is 5.11. The second kappa shape index (κ2) is 12.2. The van der Waals surface area contributed by atoms with Crippen LogP contribution < -0.4 is 9.16 Å². The van der Waals surface area contributed by atoms with E-state index in [2.05, 4.69) is 72.8 Å². The average Bonchev–Trinajstić information content (AvgIpc) is 3.24. The maximum atomic E-state index is 12.9. The molecule has 1 aromatic carbocycles. The predicted molar refractivity (Wildman–Crippen MR) is 166 cm³/mol. The van der Waals surface area contributed by atoms with Gasteiger partial charge < -0.3 is 18.6 Å². The normalized spacial score (nSPS) is 29.8. The fourth-order valence-electron chi connectivity index (χ4n) is 5.95. The van der Waals surface area contributed by atoms with Gasteiger partial charge >= 0.3 is 5.97 Å². The highest BCUT2D eigenvalue weighted by Crippen LogP contribution is 2.60. The number of carbonyl (C=O) groups excluding carboxylic acids is 1. The topological polar surface area (TPSA) is 54.0 Å². The zero-order chi connectivity index (χ0) is 28.6. The lowest BCUT2D eigenvalue weighted by atomic mass is 9.75. The molecule has 8 heteroatoms. The fraction of sp³-hybridized carbons (Fsp3) is 0.774. The highest BCUT2D eigenvalue weighted by Gasteiger charge is 2.54. The second-order valence-corrected chi connectivity index (χ2v) is 21.3. The van der Waals surface area contributed by atoms with Crippen LogP contribution in [0.5, 0.6) is 11.5 Å². The van der Waals surface area contributed by atoms with E-state index in [9.17, 15) is 4.79 Å². The Balaban J connectivity index is 1.67. The number of rotatable bonds is 8. The summed E-state index contributed by atoms with van der Waals surface area (Å²) in [7, 11) is -0.318. The number of hydrogen-bond donors (Lipinski definition) is 0. The molecule has 1 aromatic rings. The molecule has 0 bridgehead atoms. The van der Waals surface area contributed by atoms with Crippen molar-refractivity contribution in [2.24, 2.45) is 23.7 Å². The third-order valence-electron chi connectivity index (χ3n) is 9.38. The summed E-state index contributed by atoms with van der Waals surface area (Å²) in [6.45, 7) is 18.2. The summed E-state index contributed by atoms with van der Waals surface area (Å²) in [5, 5.41) is 0.0869. The summed E-state index contributed by atoms with van der Waals surface area (Å²) in [6.07, 6.45) is 4.59. The van der Waals surface area contributed by atoms with E-state index in [4.69, 9.17) is 18.6 Å². The van der Waals surface area contributed by atoms with E-state index < -0.39 is 14.6 Å². The Kier molecular flexibility index (Phi) is 9.72. The van der Waals surface area contributed by atoms with Gasteiger partial charge in [-0.1, -0.05) is 54.0 Å². The summed E-state index contributed by atoms with van der Waals surface area (Å²) in [5.41, 5.74) is 1.16. The SMILES string of the molecule is COc1cc(C2([C@@H]3CC(=O)O[C@H]3O[C@@H]3C[C@H](C)CC[C@H]3C(C)C)SCCCS2)ccc1O[Si](C)(C)C(C)(C)C. The third-order valence-corrected chi connectivity index (χ3v) is 17.3. The van der Waals surface area contributed by atoms with Crippen molar-refractivity contribution in [3.05, 3.63) is 23.8 Å². The van der Waals surface area contributed by atoms with Gasteiger partial charge in [-0.25, -0.2) is 0 Å². The van der Waals surface area contributed by atoms with E-state index in [1.807, 2.05) is 23.5 Å². The minimum atomic E-state index is -2.04. The first-order valence-electron chi connectivity index (χ1n) is 14.8. The smallest absolute Gasteiger partial charge is 0.308 e. The number of benzene rings is 1. The molecule has 0 N–H and O–H groups in total. The van der Waals surface area contributed by atoms with Gasteiger partial charge in [0.2, 0.25) is 6.29 Å². The van der Waals surface area contributed by atoms with Crippen molar-refractivity contribution in [1.29, 1.82) is 0 Å². The Morgan fingerprint density at radius 3 is 2.41 bits per heavy atom. The van der Waals surface area contributed by atoms with Crippen LogP contribution in [0.2, 0.25) is 18.1 Å². The summed E-state index contributed by atoms with van der Waals surface area (Å²) in [6, 6.07) is 6.42. The number of cyclic esters (lactones) is 1. The van der Waals surface area contributed by atoms with E-state index in [0.717, 1.165) is 41.4 Å². The standard InChI is InChI=1S/C31H50O5S2Si/c1-20(2)23-13-11-21(3)17-26(23)34-29-24(19-28(32)35-29)31(37-15-10-16-38-31)22-12-14-25(27(18-22)33-7)36-39(8,9)30(4,5)6/h12,14,18,20-21,23-24,26,29H,10-11,13,15-17,19H2,1-9H3/t21-,23+,24-,26-,29-/m1/s1. The molecule has 2 aliphatic heterocycles. The largest absolute Gasteiger partial charge is 0.541 e. The lowest BCUT2D eigenvalue weighted by Crippen LogP contribution is -2.44. The molecule has 3 fully saturated rings. The number of methoxy groups -OCH3 is 1. The Morgan fingerprint density at radius 2 is 1.79 bits per heavy atom. The van der Waals surface area contributed by atoms with Gasteiger partial charge in [-0.15, -0.1) is 23.5 Å². The lowest BCUT2D eigenvalue weighted by Gasteiger charge is -2.44. The number of hydrogen-bond acceptors (Lipinski definition) is 7. The number of carbonyl (C=O) groups is 1. The molecule has 0 radical (unpaired) electrons. The molecule has 220 valence electrons. The van der Waals surface area contributed by atoms with E-state index >= 15 is 0 Å². The lowest BCUT2D eigenvalue weighted by molar-refractivity contribution is -0.196. The van der Waals surface area contributed by atoms with Crippen molar-refractivity contribution < 1.29 is 23.4 Å². The molecule has 1 saturated carbocycles. The van der Waals surface area contributed by atoms with E-state index in [-0.39, 0.29) is 27.1 Å². The van der Waals surface area contributed by atoms with Gasteiger partial charge in [0.1, 0.15) is 5.75 Å². The zero-order valence-corrected chi connectivity index (χ0v) is 28.1. The molecule has 3 aliphatic rings. The molecule has 4 rings (SSSR count). The van der Waals surface area contributed by atoms with Crippen LogP contribution >= 0.6 is 23.5 Å². The van der Waals surface area contributed by atoms with Gasteiger partial charge in [-0.05, 0) is 84.4 Å². The molecular weight excluding hydrogens is 545 g/mol. The fourth-order valence-corrected chi connectivity index (χ4v) is 10.6. The predicted octanol–water partition coefficient (Wildman–Crippen LogP) is 8.47. The quantitative estimate of drug-likeness (QED) is 0.221. The van der Waals surface area contributed by atoms with Crippen LogP contribution in [0.25, 0.3) is 0 Å². The Bertz CT molecular complexity index is 1000. The second-order valence-electron chi connectivity index (χ2n) is 13.6. The van der Waals surface area contributed by atoms with Crippen molar-refractivity contribution in [3.63, 3.8) is 0 Å². The van der Waals surface area contributed by atoms with Gasteiger partial charge in [-0.2, -0.15) is 0 Å². The number of thioether (sulfide) groups is 2. The van der Waals surface area contributed by atoms with Crippen LogP contribution in [0, 0.1) is 23.7 Å². The minimum Gasteiger partial charge on any atom is -0.541 e. The van der Waals surface area contributed by atoms with Crippen LogP contribution in [-0.4, -0.2) is 45.3 Å². The van der Waals surface area contributed by atoms with Crippen molar-refractivity contribution in [2.75, 3.05) is 18.6 Å². The van der Waals surface area contributed by atoms with E-state index in [0.29, 0.717) is 24.2 Å². The molecule has 0 spiro atoms. The van der Waals surface area contributed by atoms with Crippen LogP contribution in [0.3, 0.4) is 0 Å². The van der Waals surface area contributed by atoms with Crippen LogP contribution in [0.15, 0.2) is 18.2 Å².